The van der Waals surface area contributed by atoms with E-state index in [9.17, 15) is 4.79 Å². The lowest BCUT2D eigenvalue weighted by Crippen LogP contribution is -2.15. The highest BCUT2D eigenvalue weighted by Crippen LogP contribution is 2.21. The van der Waals surface area contributed by atoms with Crippen LogP contribution in [0.25, 0.3) is 0 Å². The number of carbonyl (C=O) groups is 1. The average Bonchev–Trinajstić information content (AvgIpc) is 3.10. The molecule has 7 heteroatoms. The van der Waals surface area contributed by atoms with Gasteiger partial charge in [0.1, 0.15) is 18.1 Å². The second-order valence-electron chi connectivity index (χ2n) is 6.36. The molecule has 0 bridgehead atoms. The number of aromatic nitrogens is 3. The fourth-order valence-electron chi connectivity index (χ4n) is 2.60. The van der Waals surface area contributed by atoms with Crippen LogP contribution in [0.3, 0.4) is 0 Å². The first-order chi connectivity index (χ1) is 12.3. The maximum atomic E-state index is 12.6. The molecular formula is C19H22N4O3. The minimum Gasteiger partial charge on any atom is -0.489 e. The minimum absolute atomic E-state index is 0.201. The van der Waals surface area contributed by atoms with Gasteiger partial charge in [-0.15, -0.1) is 0 Å². The van der Waals surface area contributed by atoms with Crippen molar-refractivity contribution >= 4 is 11.6 Å². The van der Waals surface area contributed by atoms with Gasteiger partial charge in [-0.25, -0.2) is 0 Å². The lowest BCUT2D eigenvalue weighted by atomic mass is 10.1. The molecule has 0 fully saturated rings. The summed E-state index contributed by atoms with van der Waals surface area (Å²) in [6, 6.07) is 5.88. The number of anilines is 1. The van der Waals surface area contributed by atoms with Crippen molar-refractivity contribution in [3.63, 3.8) is 0 Å². The Hall–Kier alpha value is -3.09. The van der Waals surface area contributed by atoms with E-state index < -0.39 is 0 Å². The third-order valence-corrected chi connectivity index (χ3v) is 4.32. The topological polar surface area (TPSA) is 82.2 Å². The van der Waals surface area contributed by atoms with E-state index in [0.717, 1.165) is 17.0 Å². The van der Waals surface area contributed by atoms with Gasteiger partial charge in [0, 0.05) is 13.2 Å². The molecule has 1 N–H and O–H groups in total. The summed E-state index contributed by atoms with van der Waals surface area (Å²) in [4.78, 5) is 12.6. The van der Waals surface area contributed by atoms with Crippen LogP contribution in [0.1, 0.15) is 38.6 Å². The van der Waals surface area contributed by atoms with Gasteiger partial charge in [0.2, 0.25) is 0 Å². The average molecular weight is 354 g/mol. The molecule has 2 heterocycles. The van der Waals surface area contributed by atoms with Gasteiger partial charge in [0.05, 0.1) is 16.9 Å². The molecule has 0 saturated carbocycles. The van der Waals surface area contributed by atoms with Crippen LogP contribution >= 0.6 is 0 Å². The molecule has 26 heavy (non-hydrogen) atoms. The zero-order valence-electron chi connectivity index (χ0n) is 15.6. The molecule has 0 saturated heterocycles. The molecule has 0 aliphatic heterocycles. The fourth-order valence-corrected chi connectivity index (χ4v) is 2.60. The largest absolute Gasteiger partial charge is 0.489 e. The van der Waals surface area contributed by atoms with Gasteiger partial charge in [-0.1, -0.05) is 11.2 Å². The molecule has 0 spiro atoms. The Bertz CT molecular complexity index is 956. The second kappa shape index (κ2) is 7.03. The Morgan fingerprint density at radius 3 is 2.65 bits per heavy atom. The summed E-state index contributed by atoms with van der Waals surface area (Å²) in [5.41, 5.74) is 4.56. The van der Waals surface area contributed by atoms with Crippen molar-refractivity contribution in [3.8, 4) is 5.75 Å². The van der Waals surface area contributed by atoms with E-state index in [1.54, 1.807) is 24.9 Å². The Kier molecular flexibility index (Phi) is 4.79. The predicted octanol–water partition coefficient (Wildman–Crippen LogP) is 3.47. The Morgan fingerprint density at radius 1 is 1.23 bits per heavy atom. The standard InChI is InChI=1S/C19H22N4O3/c1-11-6-7-15(8-12(11)2)25-10-16-14(4)26-22-18(16)19(24)20-17-9-23(5)21-13(17)3/h6-9H,10H2,1-5H3,(H,20,24). The lowest BCUT2D eigenvalue weighted by Gasteiger charge is -2.09. The molecule has 1 amide bonds. The summed E-state index contributed by atoms with van der Waals surface area (Å²) >= 11 is 0. The van der Waals surface area contributed by atoms with Gasteiger partial charge in [-0.05, 0) is 51.0 Å². The van der Waals surface area contributed by atoms with Gasteiger partial charge in [-0.3, -0.25) is 9.48 Å². The summed E-state index contributed by atoms with van der Waals surface area (Å²) in [7, 11) is 1.80. The Morgan fingerprint density at radius 2 is 2.00 bits per heavy atom. The molecule has 3 aromatic rings. The van der Waals surface area contributed by atoms with Crippen LogP contribution in [0.2, 0.25) is 0 Å². The number of rotatable bonds is 5. The normalized spacial score (nSPS) is 10.8. The third kappa shape index (κ3) is 3.61. The van der Waals surface area contributed by atoms with Crippen molar-refractivity contribution in [1.82, 2.24) is 14.9 Å². The summed E-state index contributed by atoms with van der Waals surface area (Å²) in [6.45, 7) is 7.87. The van der Waals surface area contributed by atoms with Gasteiger partial charge in [0.25, 0.3) is 5.91 Å². The lowest BCUT2D eigenvalue weighted by molar-refractivity contribution is 0.101. The van der Waals surface area contributed by atoms with Crippen LogP contribution in [-0.2, 0) is 13.7 Å². The highest BCUT2D eigenvalue weighted by atomic mass is 16.5. The summed E-state index contributed by atoms with van der Waals surface area (Å²) < 4.78 is 12.7. The first kappa shape index (κ1) is 17.7. The molecule has 7 nitrogen and oxygen atoms in total. The second-order valence-corrected chi connectivity index (χ2v) is 6.36. The fraction of sp³-hybridized carbons (Fsp3) is 0.316. The number of hydrogen-bond acceptors (Lipinski definition) is 5. The number of amides is 1. The highest BCUT2D eigenvalue weighted by Gasteiger charge is 2.21. The number of nitrogens with one attached hydrogen (secondary N) is 1. The molecule has 0 aliphatic carbocycles. The first-order valence-electron chi connectivity index (χ1n) is 8.32. The summed E-state index contributed by atoms with van der Waals surface area (Å²) in [6.07, 6.45) is 1.74. The van der Waals surface area contributed by atoms with E-state index in [-0.39, 0.29) is 18.2 Å². The first-order valence-corrected chi connectivity index (χ1v) is 8.32. The maximum Gasteiger partial charge on any atom is 0.278 e. The number of aryl methyl sites for hydroxylation is 5. The predicted molar refractivity (Wildman–Crippen MR) is 97.4 cm³/mol. The van der Waals surface area contributed by atoms with Crippen molar-refractivity contribution in [2.45, 2.75) is 34.3 Å². The van der Waals surface area contributed by atoms with Crippen LogP contribution in [-0.4, -0.2) is 20.8 Å². The number of benzene rings is 1. The van der Waals surface area contributed by atoms with Gasteiger partial charge in [-0.2, -0.15) is 5.10 Å². The van der Waals surface area contributed by atoms with Crippen LogP contribution in [0.15, 0.2) is 28.9 Å². The molecule has 0 atom stereocenters. The van der Waals surface area contributed by atoms with Crippen molar-refractivity contribution in [3.05, 3.63) is 58.2 Å². The molecular weight excluding hydrogens is 332 g/mol. The van der Waals surface area contributed by atoms with E-state index in [0.29, 0.717) is 17.0 Å². The van der Waals surface area contributed by atoms with Crippen molar-refractivity contribution in [2.75, 3.05) is 5.32 Å². The van der Waals surface area contributed by atoms with Crippen LogP contribution in [0.4, 0.5) is 5.69 Å². The highest BCUT2D eigenvalue weighted by molar-refractivity contribution is 6.04. The summed E-state index contributed by atoms with van der Waals surface area (Å²) in [5, 5.41) is 10.9. The smallest absolute Gasteiger partial charge is 0.278 e. The Balaban J connectivity index is 1.76. The monoisotopic (exact) mass is 354 g/mol. The molecule has 0 radical (unpaired) electrons. The molecule has 0 unspecified atom stereocenters. The molecule has 2 aromatic heterocycles. The van der Waals surface area contributed by atoms with E-state index in [1.165, 1.54) is 5.56 Å². The molecule has 0 aliphatic rings. The quantitative estimate of drug-likeness (QED) is 0.758. The van der Waals surface area contributed by atoms with E-state index in [2.05, 4.69) is 15.6 Å². The Labute approximate surface area is 151 Å². The molecule has 3 rings (SSSR count). The number of nitrogens with zero attached hydrogens (tertiary/aromatic N) is 3. The zero-order valence-corrected chi connectivity index (χ0v) is 15.6. The number of hydrogen-bond donors (Lipinski definition) is 1. The molecule has 136 valence electrons. The van der Waals surface area contributed by atoms with Crippen LogP contribution in [0.5, 0.6) is 5.75 Å². The van der Waals surface area contributed by atoms with Gasteiger partial charge >= 0.3 is 0 Å². The van der Waals surface area contributed by atoms with Crippen molar-refractivity contribution in [2.24, 2.45) is 7.05 Å². The minimum atomic E-state index is -0.350. The van der Waals surface area contributed by atoms with Gasteiger partial charge in [0.15, 0.2) is 5.69 Å². The van der Waals surface area contributed by atoms with Crippen molar-refractivity contribution < 1.29 is 14.1 Å². The van der Waals surface area contributed by atoms with Gasteiger partial charge < -0.3 is 14.6 Å². The number of ether oxygens (including phenoxy) is 1. The van der Waals surface area contributed by atoms with Crippen LogP contribution in [0, 0.1) is 27.7 Å². The maximum absolute atomic E-state index is 12.6. The SMILES string of the molecule is Cc1ccc(OCc2c(C(=O)Nc3cn(C)nc3C)noc2C)cc1C. The van der Waals surface area contributed by atoms with E-state index in [4.69, 9.17) is 9.26 Å². The summed E-state index contributed by atoms with van der Waals surface area (Å²) in [5.74, 6) is 0.946. The van der Waals surface area contributed by atoms with E-state index >= 15 is 0 Å². The van der Waals surface area contributed by atoms with Crippen molar-refractivity contribution in [1.29, 1.82) is 0 Å². The zero-order chi connectivity index (χ0) is 18.8. The molecule has 1 aromatic carbocycles. The van der Waals surface area contributed by atoms with Crippen LogP contribution < -0.4 is 10.1 Å². The number of carbonyl (C=O) groups excluding carboxylic acids is 1. The third-order valence-electron chi connectivity index (χ3n) is 4.32. The van der Waals surface area contributed by atoms with E-state index in [1.807, 2.05) is 39.0 Å².